The van der Waals surface area contributed by atoms with Gasteiger partial charge in [0.15, 0.2) is 0 Å². The number of halogens is 1. The largest absolute Gasteiger partial charge is 0.495 e. The Morgan fingerprint density at radius 2 is 1.88 bits per heavy atom. The zero-order chi connectivity index (χ0) is 12.3. The van der Waals surface area contributed by atoms with Gasteiger partial charge < -0.3 is 14.8 Å². The summed E-state index contributed by atoms with van der Waals surface area (Å²) in [6.07, 6.45) is 2.32. The molecule has 1 aromatic carbocycles. The van der Waals surface area contributed by atoms with Crippen LogP contribution in [0.3, 0.4) is 0 Å². The quantitative estimate of drug-likeness (QED) is 0.931. The second kappa shape index (κ2) is 5.74. The van der Waals surface area contributed by atoms with Crippen LogP contribution in [0.1, 0.15) is 24.3 Å². The van der Waals surface area contributed by atoms with Gasteiger partial charge in [-0.2, -0.15) is 0 Å². The molecule has 1 aromatic rings. The van der Waals surface area contributed by atoms with Crippen LogP contribution < -0.4 is 14.8 Å². The minimum atomic E-state index is 0.577. The van der Waals surface area contributed by atoms with Gasteiger partial charge in [0.05, 0.1) is 14.2 Å². The Balaban J connectivity index is 2.35. The van der Waals surface area contributed by atoms with E-state index in [1.165, 1.54) is 5.56 Å². The summed E-state index contributed by atoms with van der Waals surface area (Å²) in [5, 5.41) is 3.38. The second-order valence-electron chi connectivity index (χ2n) is 4.23. The van der Waals surface area contributed by atoms with Gasteiger partial charge >= 0.3 is 0 Å². The molecule has 0 amide bonds. The van der Waals surface area contributed by atoms with Gasteiger partial charge in [-0.05, 0) is 59.4 Å². The molecule has 4 heteroatoms. The number of piperidine rings is 1. The van der Waals surface area contributed by atoms with Gasteiger partial charge in [0, 0.05) is 0 Å². The molecule has 3 nitrogen and oxygen atoms in total. The molecule has 0 atom stereocenters. The Morgan fingerprint density at radius 1 is 1.18 bits per heavy atom. The van der Waals surface area contributed by atoms with E-state index in [2.05, 4.69) is 27.3 Å². The fourth-order valence-electron chi connectivity index (χ4n) is 2.37. The van der Waals surface area contributed by atoms with Crippen molar-refractivity contribution in [2.45, 2.75) is 18.8 Å². The zero-order valence-corrected chi connectivity index (χ0v) is 11.8. The van der Waals surface area contributed by atoms with Crippen molar-refractivity contribution in [1.82, 2.24) is 5.32 Å². The van der Waals surface area contributed by atoms with Gasteiger partial charge in [0.1, 0.15) is 16.0 Å². The molecule has 0 spiro atoms. The van der Waals surface area contributed by atoms with E-state index in [1.54, 1.807) is 14.2 Å². The number of nitrogens with one attached hydrogen (secondary N) is 1. The SMILES string of the molecule is COc1ccc(C2CCNCC2)c(OC)c1Br. The topological polar surface area (TPSA) is 30.5 Å². The lowest BCUT2D eigenvalue weighted by Gasteiger charge is -2.25. The summed E-state index contributed by atoms with van der Waals surface area (Å²) in [7, 11) is 3.38. The van der Waals surface area contributed by atoms with Gasteiger partial charge in [0.25, 0.3) is 0 Å². The lowest BCUT2D eigenvalue weighted by molar-refractivity contribution is 0.375. The van der Waals surface area contributed by atoms with Gasteiger partial charge in [0.2, 0.25) is 0 Å². The Hall–Kier alpha value is -0.740. The molecule has 0 unspecified atom stereocenters. The van der Waals surface area contributed by atoms with Crippen molar-refractivity contribution >= 4 is 15.9 Å². The van der Waals surface area contributed by atoms with Crippen molar-refractivity contribution in [3.05, 3.63) is 22.2 Å². The normalized spacial score (nSPS) is 16.9. The predicted octanol–water partition coefficient (Wildman–Crippen LogP) is 2.93. The van der Waals surface area contributed by atoms with Crippen LogP contribution in [0.5, 0.6) is 11.5 Å². The summed E-state index contributed by atoms with van der Waals surface area (Å²) >= 11 is 3.55. The number of ether oxygens (including phenoxy) is 2. The molecule has 1 heterocycles. The Morgan fingerprint density at radius 3 is 2.47 bits per heavy atom. The lowest BCUT2D eigenvalue weighted by atomic mass is 9.89. The van der Waals surface area contributed by atoms with Gasteiger partial charge in [-0.3, -0.25) is 0 Å². The summed E-state index contributed by atoms with van der Waals surface area (Å²) in [6.45, 7) is 2.16. The molecular weight excluding hydrogens is 282 g/mol. The average Bonchev–Trinajstić information content (AvgIpc) is 2.39. The Labute approximate surface area is 111 Å². The molecular formula is C13H18BrNO2. The first kappa shape index (κ1) is 12.7. The van der Waals surface area contributed by atoms with Crippen molar-refractivity contribution in [3.8, 4) is 11.5 Å². The number of methoxy groups -OCH3 is 2. The van der Waals surface area contributed by atoms with Crippen molar-refractivity contribution < 1.29 is 9.47 Å². The Bertz CT molecular complexity index is 389. The van der Waals surface area contributed by atoms with Crippen LogP contribution >= 0.6 is 15.9 Å². The minimum Gasteiger partial charge on any atom is -0.495 e. The van der Waals surface area contributed by atoms with E-state index in [-0.39, 0.29) is 0 Å². The van der Waals surface area contributed by atoms with E-state index in [1.807, 2.05) is 6.07 Å². The molecule has 0 aromatic heterocycles. The molecule has 0 bridgehead atoms. The molecule has 94 valence electrons. The molecule has 0 aliphatic carbocycles. The first-order chi connectivity index (χ1) is 8.27. The van der Waals surface area contributed by atoms with E-state index >= 15 is 0 Å². The maximum Gasteiger partial charge on any atom is 0.140 e. The van der Waals surface area contributed by atoms with Crippen LogP contribution in [0.15, 0.2) is 16.6 Å². The highest BCUT2D eigenvalue weighted by molar-refractivity contribution is 9.10. The minimum absolute atomic E-state index is 0.577. The smallest absolute Gasteiger partial charge is 0.140 e. The third-order valence-electron chi connectivity index (χ3n) is 3.30. The van der Waals surface area contributed by atoms with E-state index in [4.69, 9.17) is 9.47 Å². The first-order valence-electron chi connectivity index (χ1n) is 5.89. The third-order valence-corrected chi connectivity index (χ3v) is 4.05. The van der Waals surface area contributed by atoms with E-state index in [9.17, 15) is 0 Å². The van der Waals surface area contributed by atoms with Crippen LogP contribution in [0.25, 0.3) is 0 Å². The molecule has 0 saturated carbocycles. The monoisotopic (exact) mass is 299 g/mol. The van der Waals surface area contributed by atoms with E-state index in [0.717, 1.165) is 41.9 Å². The molecule has 17 heavy (non-hydrogen) atoms. The average molecular weight is 300 g/mol. The van der Waals surface area contributed by atoms with Gasteiger partial charge in [-0.25, -0.2) is 0 Å². The highest BCUT2D eigenvalue weighted by atomic mass is 79.9. The van der Waals surface area contributed by atoms with Gasteiger partial charge in [-0.15, -0.1) is 0 Å². The number of benzene rings is 1. The Kier molecular flexibility index (Phi) is 4.29. The summed E-state index contributed by atoms with van der Waals surface area (Å²) in [5.74, 6) is 2.31. The highest BCUT2D eigenvalue weighted by Gasteiger charge is 2.21. The predicted molar refractivity (Wildman–Crippen MR) is 72.1 cm³/mol. The maximum absolute atomic E-state index is 5.52. The van der Waals surface area contributed by atoms with E-state index < -0.39 is 0 Å². The second-order valence-corrected chi connectivity index (χ2v) is 5.02. The zero-order valence-electron chi connectivity index (χ0n) is 10.3. The first-order valence-corrected chi connectivity index (χ1v) is 6.68. The summed E-state index contributed by atoms with van der Waals surface area (Å²) in [5.41, 5.74) is 1.28. The summed E-state index contributed by atoms with van der Waals surface area (Å²) < 4.78 is 11.7. The fourth-order valence-corrected chi connectivity index (χ4v) is 3.06. The molecule has 1 aliphatic heterocycles. The van der Waals surface area contributed by atoms with Crippen molar-refractivity contribution in [1.29, 1.82) is 0 Å². The highest BCUT2D eigenvalue weighted by Crippen LogP contribution is 2.42. The fraction of sp³-hybridized carbons (Fsp3) is 0.538. The van der Waals surface area contributed by atoms with Crippen LogP contribution in [-0.2, 0) is 0 Å². The summed E-state index contributed by atoms with van der Waals surface area (Å²) in [6, 6.07) is 4.13. The molecule has 1 N–H and O–H groups in total. The lowest BCUT2D eigenvalue weighted by Crippen LogP contribution is -2.26. The molecule has 1 saturated heterocycles. The number of hydrogen-bond donors (Lipinski definition) is 1. The van der Waals surface area contributed by atoms with Crippen molar-refractivity contribution in [3.63, 3.8) is 0 Å². The van der Waals surface area contributed by atoms with Crippen LogP contribution in [0, 0.1) is 0 Å². The van der Waals surface area contributed by atoms with Crippen molar-refractivity contribution in [2.24, 2.45) is 0 Å². The van der Waals surface area contributed by atoms with Crippen LogP contribution in [0.4, 0.5) is 0 Å². The maximum atomic E-state index is 5.52. The van der Waals surface area contributed by atoms with Gasteiger partial charge in [-0.1, -0.05) is 6.07 Å². The van der Waals surface area contributed by atoms with Crippen molar-refractivity contribution in [2.75, 3.05) is 27.3 Å². The molecule has 1 fully saturated rings. The number of rotatable bonds is 3. The molecule has 1 aliphatic rings. The molecule has 0 radical (unpaired) electrons. The third kappa shape index (κ3) is 2.58. The summed E-state index contributed by atoms with van der Waals surface area (Å²) in [4.78, 5) is 0. The standard InChI is InChI=1S/C13H18BrNO2/c1-16-11-4-3-10(13(17-2)12(11)14)9-5-7-15-8-6-9/h3-4,9,15H,5-8H2,1-2H3. The van der Waals surface area contributed by atoms with Crippen LogP contribution in [-0.4, -0.2) is 27.3 Å². The van der Waals surface area contributed by atoms with E-state index in [0.29, 0.717) is 5.92 Å². The molecule has 2 rings (SSSR count). The number of hydrogen-bond acceptors (Lipinski definition) is 3. The van der Waals surface area contributed by atoms with Crippen LogP contribution in [0.2, 0.25) is 0 Å².